The van der Waals surface area contributed by atoms with E-state index in [1.165, 1.54) is 36.5 Å². The molecule has 3 aromatic carbocycles. The first kappa shape index (κ1) is 44.3. The van der Waals surface area contributed by atoms with Crippen molar-refractivity contribution in [3.8, 4) is 23.3 Å². The van der Waals surface area contributed by atoms with Crippen molar-refractivity contribution < 1.29 is 47.5 Å². The van der Waals surface area contributed by atoms with E-state index >= 15 is 0 Å². The summed E-state index contributed by atoms with van der Waals surface area (Å²) in [5, 5.41) is 26.1. The number of likely N-dealkylation sites (tertiary alicyclic amines) is 1. The number of amides is 5. The van der Waals surface area contributed by atoms with Crippen molar-refractivity contribution in [2.24, 2.45) is 5.92 Å². The normalized spacial score (nSPS) is 16.8. The molecule has 5 heterocycles. The Labute approximate surface area is 372 Å². The number of nitrogens with one attached hydrogen (secondary N) is 4. The number of piperidine rings is 2. The van der Waals surface area contributed by atoms with Gasteiger partial charge >= 0.3 is 0 Å². The lowest BCUT2D eigenvalue weighted by Crippen LogP contribution is -2.54. The first-order valence-electron chi connectivity index (χ1n) is 20.9. The minimum Gasteiger partial charge on any atom is -0.455 e. The van der Waals surface area contributed by atoms with Gasteiger partial charge in [-0.25, -0.2) is 18.1 Å². The van der Waals surface area contributed by atoms with E-state index in [1.807, 2.05) is 4.72 Å². The third-order valence-electron chi connectivity index (χ3n) is 11.6. The van der Waals surface area contributed by atoms with Crippen LogP contribution >= 0.6 is 0 Å². The molecule has 0 aliphatic carbocycles. The molecule has 1 unspecified atom stereocenters. The van der Waals surface area contributed by atoms with Gasteiger partial charge in [-0.15, -0.1) is 5.23 Å². The second kappa shape index (κ2) is 18.8. The second-order valence-electron chi connectivity index (χ2n) is 16.0. The Balaban J connectivity index is 0.786. The number of pyridine rings is 1. The van der Waals surface area contributed by atoms with Gasteiger partial charge in [0, 0.05) is 48.3 Å². The molecule has 8 rings (SSSR count). The Kier molecular flexibility index (Phi) is 12.8. The van der Waals surface area contributed by atoms with E-state index in [9.17, 15) is 42.8 Å². The van der Waals surface area contributed by atoms with Crippen LogP contribution in [0.1, 0.15) is 81.6 Å². The van der Waals surface area contributed by atoms with Crippen molar-refractivity contribution in [3.63, 3.8) is 0 Å². The number of ether oxygens (including phenoxy) is 1. The molecule has 19 nitrogen and oxygen atoms in total. The number of nitrogen functional groups attached to an aromatic ring is 1. The second-order valence-corrected chi connectivity index (χ2v) is 17.7. The molecule has 0 saturated carbocycles. The number of anilines is 3. The number of rotatable bonds is 14. The van der Waals surface area contributed by atoms with Crippen LogP contribution < -0.4 is 31.1 Å². The number of carbonyl (C=O) groups is 5. The lowest BCUT2D eigenvalue weighted by Gasteiger charge is -2.32. The highest BCUT2D eigenvalue weighted by Crippen LogP contribution is 2.32. The maximum atomic E-state index is 13.4. The Morgan fingerprint density at radius 3 is 2.54 bits per heavy atom. The van der Waals surface area contributed by atoms with Gasteiger partial charge in [-0.3, -0.25) is 44.6 Å². The lowest BCUT2D eigenvalue weighted by molar-refractivity contribution is -0.136. The number of carbonyl (C=O) groups excluding carboxylic acids is 5. The quantitative estimate of drug-likeness (QED) is 0.0268. The van der Waals surface area contributed by atoms with Gasteiger partial charge in [0.1, 0.15) is 28.9 Å². The maximum absolute atomic E-state index is 13.4. The molecule has 2 fully saturated rings. The van der Waals surface area contributed by atoms with Gasteiger partial charge in [0.05, 0.1) is 33.5 Å². The van der Waals surface area contributed by atoms with Gasteiger partial charge in [0.25, 0.3) is 27.7 Å². The van der Waals surface area contributed by atoms with Gasteiger partial charge < -0.3 is 25.7 Å². The van der Waals surface area contributed by atoms with Crippen molar-refractivity contribution in [2.75, 3.05) is 42.5 Å². The van der Waals surface area contributed by atoms with Crippen LogP contribution in [-0.4, -0.2) is 100 Å². The van der Waals surface area contributed by atoms with E-state index in [4.69, 9.17) is 10.5 Å². The van der Waals surface area contributed by atoms with Gasteiger partial charge in [-0.2, -0.15) is 0 Å². The summed E-state index contributed by atoms with van der Waals surface area (Å²) in [5.74, 6) is 3.56. The average molecular weight is 904 g/mol. The third-order valence-corrected chi connectivity index (χ3v) is 12.9. The lowest BCUT2D eigenvalue weighted by atomic mass is 9.96. The summed E-state index contributed by atoms with van der Waals surface area (Å²) in [6.07, 6.45) is 7.49. The van der Waals surface area contributed by atoms with E-state index in [0.29, 0.717) is 29.9 Å². The summed E-state index contributed by atoms with van der Waals surface area (Å²) < 4.78 is 34.8. The van der Waals surface area contributed by atoms with Crippen molar-refractivity contribution >= 4 is 67.7 Å². The van der Waals surface area contributed by atoms with Gasteiger partial charge in [0.2, 0.25) is 11.8 Å². The first-order valence-corrected chi connectivity index (χ1v) is 22.4. The molecule has 336 valence electrons. The van der Waals surface area contributed by atoms with Crippen LogP contribution in [0.5, 0.6) is 11.5 Å². The van der Waals surface area contributed by atoms with Gasteiger partial charge in [-0.05, 0) is 118 Å². The number of benzene rings is 3. The van der Waals surface area contributed by atoms with Crippen LogP contribution in [0.25, 0.3) is 11.0 Å². The highest BCUT2D eigenvalue weighted by Gasteiger charge is 2.44. The van der Waals surface area contributed by atoms with Crippen LogP contribution in [-0.2, 0) is 19.6 Å². The predicted molar refractivity (Wildman–Crippen MR) is 236 cm³/mol. The Bertz CT molecular complexity index is 2880. The fourth-order valence-corrected chi connectivity index (χ4v) is 9.06. The molecule has 2 saturated heterocycles. The van der Waals surface area contributed by atoms with Crippen molar-refractivity contribution in [1.29, 1.82) is 0 Å². The highest BCUT2D eigenvalue weighted by molar-refractivity contribution is 7.90. The number of hydrogen-bond donors (Lipinski definition) is 7. The molecule has 20 heteroatoms. The molecule has 0 radical (unpaired) electrons. The smallest absolute Gasteiger partial charge is 0.268 e. The molecule has 0 bridgehead atoms. The molecule has 8 N–H and O–H groups in total. The molecular weight excluding hydrogens is 859 g/mol. The van der Waals surface area contributed by atoms with Crippen molar-refractivity contribution in [3.05, 3.63) is 101 Å². The number of fused-ring (bicyclic) bond motifs is 2. The van der Waals surface area contributed by atoms with E-state index in [0.717, 1.165) is 61.7 Å². The Morgan fingerprint density at radius 2 is 1.75 bits per heavy atom. The number of sulfonamides is 1. The SMILES string of the molecule is Nc1ccc(C(=O)NS(=O)(=O)c2ccc(NCC3CCN(CCCCC#Cc4ccc5c(c4)C(=O)N(C4CCC(=O)NC4=O)C5=O)CC3)c(N(O)O)c2)c(Oc2cnc3[nH]ccc3c2)c1. The van der Waals surface area contributed by atoms with E-state index in [-0.39, 0.29) is 63.5 Å². The molecule has 2 aromatic heterocycles. The number of nitrogens with zero attached hydrogens (tertiary/aromatic N) is 4. The molecule has 5 aromatic rings. The summed E-state index contributed by atoms with van der Waals surface area (Å²) in [4.78, 5) is 73.5. The summed E-state index contributed by atoms with van der Waals surface area (Å²) in [6, 6.07) is 15.1. The van der Waals surface area contributed by atoms with Crippen LogP contribution in [0.2, 0.25) is 0 Å². The molecule has 0 spiro atoms. The van der Waals surface area contributed by atoms with E-state index < -0.39 is 50.5 Å². The van der Waals surface area contributed by atoms with Crippen LogP contribution in [0, 0.1) is 17.8 Å². The minimum absolute atomic E-state index is 0.00185. The number of hydrogen-bond acceptors (Lipinski definition) is 15. The number of aromatic amines is 1. The Morgan fingerprint density at radius 1 is 0.954 bits per heavy atom. The number of aromatic nitrogens is 2. The van der Waals surface area contributed by atoms with Crippen LogP contribution in [0.4, 0.5) is 17.1 Å². The zero-order chi connectivity index (χ0) is 45.8. The van der Waals surface area contributed by atoms with Crippen LogP contribution in [0.3, 0.4) is 0 Å². The fraction of sp³-hybridized carbons (Fsp3) is 0.289. The van der Waals surface area contributed by atoms with Gasteiger partial charge in [-0.1, -0.05) is 11.8 Å². The minimum atomic E-state index is -4.52. The topological polar surface area (TPSA) is 270 Å². The first-order chi connectivity index (χ1) is 31.2. The van der Waals surface area contributed by atoms with Crippen LogP contribution in [0.15, 0.2) is 84.0 Å². The number of unbranched alkanes of at least 4 members (excludes halogenated alkanes) is 2. The van der Waals surface area contributed by atoms with Crippen molar-refractivity contribution in [2.45, 2.75) is 55.9 Å². The van der Waals surface area contributed by atoms with Gasteiger partial charge in [0.15, 0.2) is 0 Å². The number of imide groups is 2. The molecule has 3 aliphatic rings. The molecule has 65 heavy (non-hydrogen) atoms. The zero-order valence-corrected chi connectivity index (χ0v) is 35.7. The third kappa shape index (κ3) is 9.93. The van der Waals surface area contributed by atoms with E-state index in [2.05, 4.69) is 37.3 Å². The maximum Gasteiger partial charge on any atom is 0.268 e. The highest BCUT2D eigenvalue weighted by atomic mass is 32.2. The zero-order valence-electron chi connectivity index (χ0n) is 34.9. The summed E-state index contributed by atoms with van der Waals surface area (Å²) in [7, 11) is -4.52. The fourth-order valence-electron chi connectivity index (χ4n) is 8.07. The number of nitrogens with two attached hydrogens (primary N) is 1. The molecule has 5 amide bonds. The average Bonchev–Trinajstić information content (AvgIpc) is 3.85. The molecular formula is C45H45N9O10S. The monoisotopic (exact) mass is 903 g/mol. The Hall–Kier alpha value is -7.31. The summed E-state index contributed by atoms with van der Waals surface area (Å²) >= 11 is 0. The molecule has 1 atom stereocenters. The molecule has 3 aliphatic heterocycles. The van der Waals surface area contributed by atoms with E-state index in [1.54, 1.807) is 36.5 Å². The predicted octanol–water partition coefficient (Wildman–Crippen LogP) is 4.39. The number of H-pyrrole nitrogens is 1. The van der Waals surface area contributed by atoms with Crippen molar-refractivity contribution in [1.82, 2.24) is 29.8 Å². The standard InChI is InChI=1S/C45H45N9O10S/c46-30-7-10-34(39(23-30)64-31-22-29-14-17-47-41(29)49-26-31)42(56)51-65(62,63)32-8-11-36(38(24-32)54(60)61)48-25-28-15-19-52(20-16-28)18-4-2-1-3-5-27-6-9-33-35(21-27)45(59)53(44(33)58)37-12-13-40(55)50-43(37)57/h6-11,14,17,21-24,26,28,37,48,60-61H,1-2,4,12-13,15-16,18-20,25,46H2,(H,47,49)(H,51,56)(H,50,55,57). The summed E-state index contributed by atoms with van der Waals surface area (Å²) in [5.41, 5.74) is 7.78. The largest absolute Gasteiger partial charge is 0.455 e. The summed E-state index contributed by atoms with van der Waals surface area (Å²) in [6.45, 7) is 3.12.